The Kier molecular flexibility index (Phi) is 3.17. The van der Waals surface area contributed by atoms with Gasteiger partial charge in [-0.05, 0) is 77.0 Å². The van der Waals surface area contributed by atoms with Crippen LogP contribution in [-0.4, -0.2) is 0 Å². The topological polar surface area (TPSA) is 0 Å². The van der Waals surface area contributed by atoms with Crippen LogP contribution in [0.25, 0.3) is 0 Å². The van der Waals surface area contributed by atoms with Crippen LogP contribution in [0.15, 0.2) is 22.3 Å². The largest absolute Gasteiger partial charge is 0.0707 e. The quantitative estimate of drug-likeness (QED) is 0.482. The Morgan fingerprint density at radius 2 is 0.562 bits per heavy atom. The molecule has 0 atom stereocenters. The smallest absolute Gasteiger partial charge is 0.0280 e. The highest BCUT2D eigenvalue weighted by molar-refractivity contribution is 5.26. The minimum atomic E-state index is 1.41. The van der Waals surface area contributed by atoms with Crippen molar-refractivity contribution in [3.63, 3.8) is 0 Å². The first kappa shape index (κ1) is 10.6. The van der Waals surface area contributed by atoms with Crippen molar-refractivity contribution in [2.24, 2.45) is 0 Å². The van der Waals surface area contributed by atoms with E-state index in [-0.39, 0.29) is 0 Å². The molecule has 0 aromatic rings. The molecule has 0 N–H and O–H groups in total. The van der Waals surface area contributed by atoms with Crippen LogP contribution in [-0.2, 0) is 0 Å². The van der Waals surface area contributed by atoms with Crippen molar-refractivity contribution in [2.75, 3.05) is 0 Å². The Labute approximate surface area is 99.8 Å². The van der Waals surface area contributed by atoms with Gasteiger partial charge in [0.15, 0.2) is 0 Å². The number of hydrogen-bond acceptors (Lipinski definition) is 0. The molecule has 0 aromatic heterocycles. The highest BCUT2D eigenvalue weighted by Crippen LogP contribution is 2.39. The van der Waals surface area contributed by atoms with Crippen LogP contribution in [0.3, 0.4) is 0 Å². The lowest BCUT2D eigenvalue weighted by Crippen LogP contribution is -2.08. The molecule has 0 bridgehead atoms. The van der Waals surface area contributed by atoms with E-state index in [9.17, 15) is 0 Å². The lowest BCUT2D eigenvalue weighted by molar-refractivity contribution is 0.572. The first-order valence-corrected chi connectivity index (χ1v) is 7.33. The molecule has 0 heteroatoms. The second-order valence-electron chi connectivity index (χ2n) is 5.83. The summed E-state index contributed by atoms with van der Waals surface area (Å²) in [6.45, 7) is 0. The van der Waals surface area contributed by atoms with E-state index in [4.69, 9.17) is 0 Å². The van der Waals surface area contributed by atoms with Crippen molar-refractivity contribution in [3.8, 4) is 0 Å². The van der Waals surface area contributed by atoms with Crippen molar-refractivity contribution in [3.05, 3.63) is 22.3 Å². The van der Waals surface area contributed by atoms with Crippen LogP contribution >= 0.6 is 0 Å². The summed E-state index contributed by atoms with van der Waals surface area (Å²) in [6, 6.07) is 0. The Morgan fingerprint density at radius 1 is 0.312 bits per heavy atom. The lowest BCUT2D eigenvalue weighted by atomic mass is 9.78. The minimum Gasteiger partial charge on any atom is -0.0707 e. The highest BCUT2D eigenvalue weighted by Gasteiger charge is 2.19. The van der Waals surface area contributed by atoms with E-state index in [2.05, 4.69) is 0 Å². The standard InChI is InChI=1S/C16H24/c1-2-6-14-11-12-16-8-4-3-7-15(16)10-9-13(14)5-1/h1-12H2. The number of allylic oxidation sites excluding steroid dienone is 4. The predicted octanol–water partition coefficient (Wildman–Crippen LogP) is 5.30. The molecular weight excluding hydrogens is 192 g/mol. The van der Waals surface area contributed by atoms with Crippen LogP contribution in [0, 0.1) is 0 Å². The van der Waals surface area contributed by atoms with E-state index in [0.29, 0.717) is 0 Å². The van der Waals surface area contributed by atoms with E-state index in [0.717, 1.165) is 0 Å². The molecule has 0 aromatic carbocycles. The minimum absolute atomic E-state index is 1.41. The second-order valence-corrected chi connectivity index (χ2v) is 5.83. The summed E-state index contributed by atoms with van der Waals surface area (Å²) >= 11 is 0. The van der Waals surface area contributed by atoms with Gasteiger partial charge in [-0.2, -0.15) is 0 Å². The molecule has 0 fully saturated rings. The summed E-state index contributed by atoms with van der Waals surface area (Å²) in [7, 11) is 0. The summed E-state index contributed by atoms with van der Waals surface area (Å²) in [5.74, 6) is 0. The Hall–Kier alpha value is -0.520. The molecule has 3 aliphatic rings. The van der Waals surface area contributed by atoms with Gasteiger partial charge in [-0.15, -0.1) is 0 Å². The van der Waals surface area contributed by atoms with Gasteiger partial charge >= 0.3 is 0 Å². The fourth-order valence-corrected chi connectivity index (χ4v) is 3.87. The number of hydrogen-bond donors (Lipinski definition) is 0. The molecule has 0 amide bonds. The molecule has 0 unspecified atom stereocenters. The van der Waals surface area contributed by atoms with E-state index in [1.54, 1.807) is 0 Å². The first-order valence-electron chi connectivity index (χ1n) is 7.33. The molecule has 0 saturated carbocycles. The van der Waals surface area contributed by atoms with E-state index in [1.165, 1.54) is 77.0 Å². The Morgan fingerprint density at radius 3 is 0.812 bits per heavy atom. The normalized spacial score (nSPS) is 27.0. The molecule has 0 nitrogen and oxygen atoms in total. The average molecular weight is 216 g/mol. The summed E-state index contributed by atoms with van der Waals surface area (Å²) in [4.78, 5) is 0. The molecule has 0 spiro atoms. The molecule has 0 aliphatic heterocycles. The maximum atomic E-state index is 1.86. The van der Waals surface area contributed by atoms with Gasteiger partial charge in [0.25, 0.3) is 0 Å². The predicted molar refractivity (Wildman–Crippen MR) is 69.5 cm³/mol. The van der Waals surface area contributed by atoms with Crippen LogP contribution in [0.2, 0.25) is 0 Å². The van der Waals surface area contributed by atoms with Crippen molar-refractivity contribution in [1.82, 2.24) is 0 Å². The van der Waals surface area contributed by atoms with Gasteiger partial charge in [-0.25, -0.2) is 0 Å². The van der Waals surface area contributed by atoms with Crippen LogP contribution < -0.4 is 0 Å². The molecule has 16 heavy (non-hydrogen) atoms. The zero-order valence-corrected chi connectivity index (χ0v) is 10.5. The highest BCUT2D eigenvalue weighted by atomic mass is 14.3. The third-order valence-corrected chi connectivity index (χ3v) is 4.87. The zero-order valence-electron chi connectivity index (χ0n) is 10.5. The third kappa shape index (κ3) is 2.12. The summed E-state index contributed by atoms with van der Waals surface area (Å²) in [5, 5.41) is 0. The molecule has 0 heterocycles. The molecule has 0 radical (unpaired) electrons. The maximum absolute atomic E-state index is 1.86. The van der Waals surface area contributed by atoms with Crippen molar-refractivity contribution < 1.29 is 0 Å². The first-order chi connectivity index (χ1) is 7.93. The van der Waals surface area contributed by atoms with Gasteiger partial charge in [0.05, 0.1) is 0 Å². The van der Waals surface area contributed by atoms with E-state index >= 15 is 0 Å². The molecule has 3 rings (SSSR count). The molecular formula is C16H24. The average Bonchev–Trinajstić information content (AvgIpc) is 2.32. The second kappa shape index (κ2) is 4.77. The van der Waals surface area contributed by atoms with Gasteiger partial charge in [-0.3, -0.25) is 0 Å². The van der Waals surface area contributed by atoms with Gasteiger partial charge in [0.2, 0.25) is 0 Å². The fraction of sp³-hybridized carbons (Fsp3) is 0.750. The zero-order chi connectivity index (χ0) is 10.8. The summed E-state index contributed by atoms with van der Waals surface area (Å²) < 4.78 is 0. The van der Waals surface area contributed by atoms with Crippen LogP contribution in [0.1, 0.15) is 77.0 Å². The van der Waals surface area contributed by atoms with Gasteiger partial charge in [0.1, 0.15) is 0 Å². The maximum Gasteiger partial charge on any atom is -0.0280 e. The van der Waals surface area contributed by atoms with Crippen LogP contribution in [0.5, 0.6) is 0 Å². The van der Waals surface area contributed by atoms with E-state index < -0.39 is 0 Å². The molecule has 0 saturated heterocycles. The van der Waals surface area contributed by atoms with Crippen molar-refractivity contribution >= 4 is 0 Å². The Bertz CT molecular complexity index is 264. The summed E-state index contributed by atoms with van der Waals surface area (Å²) in [5.41, 5.74) is 7.46. The van der Waals surface area contributed by atoms with E-state index in [1.807, 2.05) is 22.3 Å². The Balaban J connectivity index is 1.77. The van der Waals surface area contributed by atoms with Crippen LogP contribution in [0.4, 0.5) is 0 Å². The van der Waals surface area contributed by atoms with Gasteiger partial charge in [-0.1, -0.05) is 22.3 Å². The van der Waals surface area contributed by atoms with Gasteiger partial charge < -0.3 is 0 Å². The summed E-state index contributed by atoms with van der Waals surface area (Å²) in [6.07, 6.45) is 17.2. The SMILES string of the molecule is C1CCC2=C(C1)CCC1=C(CCCC1)CC2. The van der Waals surface area contributed by atoms with Gasteiger partial charge in [0, 0.05) is 0 Å². The monoisotopic (exact) mass is 216 g/mol. The molecule has 3 aliphatic carbocycles. The number of rotatable bonds is 0. The van der Waals surface area contributed by atoms with Crippen molar-refractivity contribution in [1.29, 1.82) is 0 Å². The van der Waals surface area contributed by atoms with Crippen molar-refractivity contribution in [2.45, 2.75) is 77.0 Å². The molecule has 88 valence electrons. The lowest BCUT2D eigenvalue weighted by Gasteiger charge is -2.28. The third-order valence-electron chi connectivity index (χ3n) is 4.87. The fourth-order valence-electron chi connectivity index (χ4n) is 3.87.